The summed E-state index contributed by atoms with van der Waals surface area (Å²) in [5.74, 6) is 0.919. The minimum Gasteiger partial charge on any atom is -0.320 e. The predicted octanol–water partition coefficient (Wildman–Crippen LogP) is 4.93. The quantitative estimate of drug-likeness (QED) is 0.595. The average molecular weight is 426 g/mol. The van der Waals surface area contributed by atoms with Crippen LogP contribution >= 0.6 is 0 Å². The number of hydrogen-bond donors (Lipinski definition) is 0. The van der Waals surface area contributed by atoms with Gasteiger partial charge in [-0.3, -0.25) is 4.79 Å². The van der Waals surface area contributed by atoms with E-state index in [-0.39, 0.29) is 23.6 Å². The average Bonchev–Trinajstić information content (AvgIpc) is 3.27. The largest absolute Gasteiger partial charge is 0.416 e. The molecule has 2 aromatic carbocycles. The maximum absolute atomic E-state index is 13.5. The summed E-state index contributed by atoms with van der Waals surface area (Å²) in [7, 11) is 1.91. The van der Waals surface area contributed by atoms with E-state index in [1.165, 1.54) is 23.5 Å². The number of amides is 1. The van der Waals surface area contributed by atoms with E-state index in [0.717, 1.165) is 30.3 Å². The third-order valence-electron chi connectivity index (χ3n) is 6.46. The van der Waals surface area contributed by atoms with Crippen molar-refractivity contribution in [2.75, 3.05) is 4.90 Å². The standard InChI is InChI=1S/C23H21F3N4O/c1-29-13-27-28-21(29)20(14-5-2-6-14)15-7-3-8-16(11-15)30-12-18-17(22(30)31)9-4-10-19(18)23(24,25)26/h3-4,7-11,13-14,20H,2,5-6,12H2,1H3/t20-/m1/s1. The fourth-order valence-corrected chi connectivity index (χ4v) is 4.67. The van der Waals surface area contributed by atoms with Crippen LogP contribution in [-0.4, -0.2) is 20.7 Å². The summed E-state index contributed by atoms with van der Waals surface area (Å²) in [6.45, 7) is -0.0919. The van der Waals surface area contributed by atoms with Crippen molar-refractivity contribution in [2.45, 2.75) is 37.9 Å². The Bertz CT molecular complexity index is 1150. The zero-order chi connectivity index (χ0) is 21.8. The van der Waals surface area contributed by atoms with Crippen molar-refractivity contribution in [1.29, 1.82) is 0 Å². The highest BCUT2D eigenvalue weighted by Crippen LogP contribution is 2.44. The topological polar surface area (TPSA) is 51.0 Å². The van der Waals surface area contributed by atoms with Gasteiger partial charge in [-0.25, -0.2) is 0 Å². The summed E-state index contributed by atoms with van der Waals surface area (Å²) in [6.07, 6.45) is 0.516. The second-order valence-electron chi connectivity index (χ2n) is 8.28. The maximum atomic E-state index is 13.5. The third-order valence-corrected chi connectivity index (χ3v) is 6.46. The van der Waals surface area contributed by atoms with Crippen molar-refractivity contribution in [3.05, 3.63) is 76.9 Å². The highest BCUT2D eigenvalue weighted by molar-refractivity contribution is 6.10. The number of fused-ring (bicyclic) bond motifs is 1. The van der Waals surface area contributed by atoms with E-state index in [9.17, 15) is 18.0 Å². The molecule has 31 heavy (non-hydrogen) atoms. The van der Waals surface area contributed by atoms with Crippen LogP contribution in [0.4, 0.5) is 18.9 Å². The van der Waals surface area contributed by atoms with Crippen molar-refractivity contribution in [3.8, 4) is 0 Å². The molecule has 8 heteroatoms. The SMILES string of the molecule is Cn1cnnc1[C@@H](c1cccc(N2Cc3c(cccc3C(F)(F)F)C2=O)c1)C1CCC1. The number of aryl methyl sites for hydroxylation is 1. The first-order valence-electron chi connectivity index (χ1n) is 10.3. The lowest BCUT2D eigenvalue weighted by atomic mass is 9.72. The van der Waals surface area contributed by atoms with E-state index < -0.39 is 17.6 Å². The number of benzene rings is 2. The molecule has 0 unspecified atom stereocenters. The van der Waals surface area contributed by atoms with Gasteiger partial charge in [0.25, 0.3) is 5.91 Å². The van der Waals surface area contributed by atoms with E-state index in [0.29, 0.717) is 11.6 Å². The second kappa shape index (κ2) is 7.21. The highest BCUT2D eigenvalue weighted by atomic mass is 19.4. The van der Waals surface area contributed by atoms with E-state index >= 15 is 0 Å². The first kappa shape index (κ1) is 19.8. The van der Waals surface area contributed by atoms with Crippen LogP contribution in [0.2, 0.25) is 0 Å². The maximum Gasteiger partial charge on any atom is 0.416 e. The first-order valence-corrected chi connectivity index (χ1v) is 10.3. The minimum absolute atomic E-state index is 0.0343. The van der Waals surface area contributed by atoms with Crippen molar-refractivity contribution < 1.29 is 18.0 Å². The summed E-state index contributed by atoms with van der Waals surface area (Å²) in [6, 6.07) is 11.3. The number of nitrogens with zero attached hydrogens (tertiary/aromatic N) is 4. The molecule has 5 rings (SSSR count). The number of carbonyl (C=O) groups excluding carboxylic acids is 1. The smallest absolute Gasteiger partial charge is 0.320 e. The van der Waals surface area contributed by atoms with Gasteiger partial charge in [0, 0.05) is 24.2 Å². The van der Waals surface area contributed by atoms with Gasteiger partial charge in [-0.05, 0) is 54.2 Å². The summed E-state index contributed by atoms with van der Waals surface area (Å²) in [4.78, 5) is 14.4. The van der Waals surface area contributed by atoms with Gasteiger partial charge in [0.2, 0.25) is 0 Å². The van der Waals surface area contributed by atoms with Gasteiger partial charge in [0.1, 0.15) is 12.2 Å². The molecule has 1 atom stereocenters. The number of hydrogen-bond acceptors (Lipinski definition) is 3. The monoisotopic (exact) mass is 426 g/mol. The van der Waals surface area contributed by atoms with Gasteiger partial charge < -0.3 is 9.47 Å². The first-order chi connectivity index (χ1) is 14.8. The fourth-order valence-electron chi connectivity index (χ4n) is 4.67. The summed E-state index contributed by atoms with van der Waals surface area (Å²) in [5.41, 5.74) is 0.998. The van der Waals surface area contributed by atoms with Crippen molar-refractivity contribution in [1.82, 2.24) is 14.8 Å². The van der Waals surface area contributed by atoms with E-state index in [4.69, 9.17) is 0 Å². The molecule has 0 radical (unpaired) electrons. The van der Waals surface area contributed by atoms with Gasteiger partial charge in [0.05, 0.1) is 12.1 Å². The number of anilines is 1. The van der Waals surface area contributed by atoms with Crippen LogP contribution in [0.1, 0.15) is 58.1 Å². The van der Waals surface area contributed by atoms with Gasteiger partial charge in [-0.2, -0.15) is 13.2 Å². The molecule has 5 nitrogen and oxygen atoms in total. The molecule has 1 saturated carbocycles. The summed E-state index contributed by atoms with van der Waals surface area (Å²) < 4.78 is 42.3. The lowest BCUT2D eigenvalue weighted by molar-refractivity contribution is -0.138. The molecule has 0 bridgehead atoms. The van der Waals surface area contributed by atoms with Gasteiger partial charge in [-0.15, -0.1) is 10.2 Å². The molecule has 1 fully saturated rings. The Morgan fingerprint density at radius 2 is 1.90 bits per heavy atom. The number of aromatic nitrogens is 3. The van der Waals surface area contributed by atoms with Crippen LogP contribution in [0.25, 0.3) is 0 Å². The molecule has 0 saturated heterocycles. The lowest BCUT2D eigenvalue weighted by Gasteiger charge is -2.33. The van der Waals surface area contributed by atoms with E-state index in [1.54, 1.807) is 12.4 Å². The second-order valence-corrected chi connectivity index (χ2v) is 8.28. The van der Waals surface area contributed by atoms with Gasteiger partial charge >= 0.3 is 6.18 Å². The van der Waals surface area contributed by atoms with Crippen molar-refractivity contribution in [3.63, 3.8) is 0 Å². The zero-order valence-electron chi connectivity index (χ0n) is 16.9. The molecule has 3 aromatic rings. The molecular formula is C23H21F3N4O. The molecule has 2 aliphatic rings. The summed E-state index contributed by atoms with van der Waals surface area (Å²) >= 11 is 0. The number of halogens is 3. The van der Waals surface area contributed by atoms with Crippen LogP contribution in [0.5, 0.6) is 0 Å². The van der Waals surface area contributed by atoms with E-state index in [2.05, 4.69) is 10.2 Å². The third kappa shape index (κ3) is 3.30. The number of rotatable bonds is 4. The molecule has 1 aromatic heterocycles. The van der Waals surface area contributed by atoms with Crippen LogP contribution < -0.4 is 4.90 Å². The van der Waals surface area contributed by atoms with Crippen molar-refractivity contribution >= 4 is 11.6 Å². The number of carbonyl (C=O) groups is 1. The normalized spacial score (nSPS) is 17.5. The Kier molecular flexibility index (Phi) is 4.60. The highest BCUT2D eigenvalue weighted by Gasteiger charge is 2.40. The molecule has 1 aliphatic carbocycles. The Morgan fingerprint density at radius 1 is 1.13 bits per heavy atom. The Morgan fingerprint density at radius 3 is 2.55 bits per heavy atom. The number of alkyl halides is 3. The van der Waals surface area contributed by atoms with Crippen molar-refractivity contribution in [2.24, 2.45) is 13.0 Å². The Labute approximate surface area is 177 Å². The predicted molar refractivity (Wildman–Crippen MR) is 109 cm³/mol. The molecule has 0 N–H and O–H groups in total. The molecule has 2 heterocycles. The Balaban J connectivity index is 1.52. The minimum atomic E-state index is -4.50. The molecular weight excluding hydrogens is 405 g/mol. The Hall–Kier alpha value is -3.16. The van der Waals surface area contributed by atoms with Gasteiger partial charge in [-0.1, -0.05) is 24.6 Å². The molecule has 1 amide bonds. The van der Waals surface area contributed by atoms with E-state index in [1.807, 2.05) is 29.8 Å². The summed E-state index contributed by atoms with van der Waals surface area (Å²) in [5, 5.41) is 8.34. The van der Waals surface area contributed by atoms with Crippen LogP contribution in [0.3, 0.4) is 0 Å². The molecule has 0 spiro atoms. The van der Waals surface area contributed by atoms with Crippen LogP contribution in [0.15, 0.2) is 48.8 Å². The lowest BCUT2D eigenvalue weighted by Crippen LogP contribution is -2.25. The fraction of sp³-hybridized carbons (Fsp3) is 0.348. The zero-order valence-corrected chi connectivity index (χ0v) is 16.9. The van der Waals surface area contributed by atoms with Gasteiger partial charge in [0.15, 0.2) is 0 Å². The molecule has 1 aliphatic heterocycles. The molecule has 160 valence electrons. The van der Waals surface area contributed by atoms with Crippen LogP contribution in [0, 0.1) is 5.92 Å². The van der Waals surface area contributed by atoms with Crippen LogP contribution in [-0.2, 0) is 19.8 Å².